The van der Waals surface area contributed by atoms with Gasteiger partial charge in [0.25, 0.3) is 5.91 Å². The summed E-state index contributed by atoms with van der Waals surface area (Å²) in [6.45, 7) is 1.58. The molecule has 0 saturated heterocycles. The number of oxime groups is 1. The third-order valence-corrected chi connectivity index (χ3v) is 4.91. The number of para-hydroxylation sites is 1. The minimum atomic E-state index is -0.370. The molecule has 4 aromatic rings. The zero-order chi connectivity index (χ0) is 23.9. The maximum Gasteiger partial charge on any atom is 0.273 e. The van der Waals surface area contributed by atoms with Crippen LogP contribution in [0.1, 0.15) is 6.92 Å². The number of benzene rings is 3. The lowest BCUT2D eigenvalue weighted by Crippen LogP contribution is -2.20. The first-order valence-electron chi connectivity index (χ1n) is 10.4. The van der Waals surface area contributed by atoms with Gasteiger partial charge in [0.2, 0.25) is 0 Å². The molecule has 172 valence electrons. The zero-order valence-corrected chi connectivity index (χ0v) is 18.9. The van der Waals surface area contributed by atoms with Crippen LogP contribution < -0.4 is 24.4 Å². The van der Waals surface area contributed by atoms with Crippen molar-refractivity contribution < 1.29 is 23.8 Å². The molecular weight excluding hydrogens is 434 g/mol. The molecule has 3 aromatic carbocycles. The van der Waals surface area contributed by atoms with Crippen LogP contribution in [0.3, 0.4) is 0 Å². The van der Waals surface area contributed by atoms with Gasteiger partial charge in [0.15, 0.2) is 17.2 Å². The summed E-state index contributed by atoms with van der Waals surface area (Å²) in [6.07, 6.45) is 1.65. The number of carbonyl (C=O) groups is 1. The topological polar surface area (TPSA) is 91.3 Å². The van der Waals surface area contributed by atoms with Crippen LogP contribution in [0.5, 0.6) is 28.7 Å². The summed E-state index contributed by atoms with van der Waals surface area (Å²) in [5, 5.41) is 7.44. The molecule has 0 saturated carbocycles. The van der Waals surface area contributed by atoms with Gasteiger partial charge in [-0.25, -0.2) is 0 Å². The number of rotatable bonds is 8. The van der Waals surface area contributed by atoms with Crippen molar-refractivity contribution in [2.75, 3.05) is 19.5 Å². The Bertz CT molecular complexity index is 1320. The summed E-state index contributed by atoms with van der Waals surface area (Å²) in [5.41, 5.74) is 1.42. The molecule has 0 aliphatic heterocycles. The number of anilines is 1. The molecule has 0 unspecified atom stereocenters. The number of hydrogen-bond donors (Lipinski definition) is 1. The Morgan fingerprint density at radius 2 is 1.62 bits per heavy atom. The number of hydrogen-bond acceptors (Lipinski definition) is 7. The monoisotopic (exact) mass is 457 g/mol. The van der Waals surface area contributed by atoms with E-state index in [2.05, 4.69) is 15.5 Å². The van der Waals surface area contributed by atoms with Gasteiger partial charge in [0, 0.05) is 17.3 Å². The van der Waals surface area contributed by atoms with Crippen molar-refractivity contribution in [1.82, 2.24) is 4.98 Å². The molecular formula is C26H23N3O5. The van der Waals surface area contributed by atoms with E-state index in [-0.39, 0.29) is 11.6 Å². The first-order valence-corrected chi connectivity index (χ1v) is 10.4. The zero-order valence-electron chi connectivity index (χ0n) is 18.9. The van der Waals surface area contributed by atoms with Gasteiger partial charge in [0.05, 0.1) is 14.2 Å². The lowest BCUT2D eigenvalue weighted by atomic mass is 10.1. The minimum Gasteiger partial charge on any atom is -0.493 e. The number of amides is 1. The van der Waals surface area contributed by atoms with Crippen LogP contribution in [-0.2, 0) is 4.79 Å². The number of carbonyl (C=O) groups excluding carboxylic acids is 1. The standard InChI is InChI=1S/C26H23N3O5/c1-17(29-34-20-7-5-4-6-8-20)26(30)28-18-9-11-19(12-10-18)33-22-15-16-27-24-21(22)13-14-23(31-2)25(24)32-3/h4-16H,1-3H3,(H,28,30). The van der Waals surface area contributed by atoms with Crippen LogP contribution in [0.25, 0.3) is 10.9 Å². The molecule has 8 nitrogen and oxygen atoms in total. The summed E-state index contributed by atoms with van der Waals surface area (Å²) in [6, 6.07) is 21.5. The fourth-order valence-electron chi connectivity index (χ4n) is 3.19. The Morgan fingerprint density at radius 3 is 2.32 bits per heavy atom. The van der Waals surface area contributed by atoms with Crippen LogP contribution in [-0.4, -0.2) is 30.8 Å². The Hall–Kier alpha value is -4.59. The van der Waals surface area contributed by atoms with Gasteiger partial charge in [-0.1, -0.05) is 23.4 Å². The minimum absolute atomic E-state index is 0.191. The summed E-state index contributed by atoms with van der Waals surface area (Å²) >= 11 is 0. The van der Waals surface area contributed by atoms with Gasteiger partial charge in [-0.05, 0) is 61.5 Å². The molecule has 8 heteroatoms. The molecule has 0 bridgehead atoms. The van der Waals surface area contributed by atoms with Gasteiger partial charge in [-0.3, -0.25) is 9.78 Å². The van der Waals surface area contributed by atoms with Crippen molar-refractivity contribution in [2.45, 2.75) is 6.92 Å². The second-order valence-corrected chi connectivity index (χ2v) is 7.17. The fourth-order valence-corrected chi connectivity index (χ4v) is 3.19. The third-order valence-electron chi connectivity index (χ3n) is 4.91. The first-order chi connectivity index (χ1) is 16.6. The van der Waals surface area contributed by atoms with Gasteiger partial charge in [-0.2, -0.15) is 0 Å². The summed E-state index contributed by atoms with van der Waals surface area (Å²) in [4.78, 5) is 22.1. The summed E-state index contributed by atoms with van der Waals surface area (Å²) in [5.74, 6) is 2.52. The van der Waals surface area contributed by atoms with E-state index in [1.165, 1.54) is 0 Å². The Morgan fingerprint density at radius 1 is 0.853 bits per heavy atom. The van der Waals surface area contributed by atoms with E-state index < -0.39 is 0 Å². The highest BCUT2D eigenvalue weighted by molar-refractivity contribution is 6.42. The van der Waals surface area contributed by atoms with Crippen molar-refractivity contribution in [2.24, 2.45) is 5.16 Å². The van der Waals surface area contributed by atoms with Crippen molar-refractivity contribution in [3.63, 3.8) is 0 Å². The van der Waals surface area contributed by atoms with E-state index in [0.29, 0.717) is 40.0 Å². The van der Waals surface area contributed by atoms with Gasteiger partial charge < -0.3 is 24.4 Å². The van der Waals surface area contributed by atoms with Crippen LogP contribution in [0.15, 0.2) is 84.1 Å². The average Bonchev–Trinajstić information content (AvgIpc) is 2.88. The number of nitrogens with zero attached hydrogens (tertiary/aromatic N) is 2. The number of methoxy groups -OCH3 is 2. The lowest BCUT2D eigenvalue weighted by molar-refractivity contribution is -0.110. The second-order valence-electron chi connectivity index (χ2n) is 7.17. The molecule has 1 amide bonds. The number of fused-ring (bicyclic) bond motifs is 1. The van der Waals surface area contributed by atoms with E-state index in [1.54, 1.807) is 75.9 Å². The van der Waals surface area contributed by atoms with Gasteiger partial charge in [-0.15, -0.1) is 0 Å². The molecule has 0 aliphatic rings. The number of aromatic nitrogens is 1. The molecule has 1 N–H and O–H groups in total. The molecule has 4 rings (SSSR count). The quantitative estimate of drug-likeness (QED) is 0.280. The van der Waals surface area contributed by atoms with E-state index in [1.807, 2.05) is 24.3 Å². The second kappa shape index (κ2) is 10.4. The molecule has 0 radical (unpaired) electrons. The molecule has 0 aliphatic carbocycles. The third kappa shape index (κ3) is 5.07. The number of ether oxygens (including phenoxy) is 3. The normalized spacial score (nSPS) is 11.1. The molecule has 0 spiro atoms. The number of pyridine rings is 1. The van der Waals surface area contributed by atoms with Crippen molar-refractivity contribution in [3.8, 4) is 28.7 Å². The molecule has 0 fully saturated rings. The SMILES string of the molecule is COc1ccc2c(Oc3ccc(NC(=O)C(C)=NOc4ccccc4)cc3)ccnc2c1OC. The fraction of sp³-hybridized carbons (Fsp3) is 0.115. The average molecular weight is 457 g/mol. The van der Waals surface area contributed by atoms with Crippen molar-refractivity contribution in [3.05, 3.63) is 79.0 Å². The predicted octanol–water partition coefficient (Wildman–Crippen LogP) is 5.44. The Labute approximate surface area is 196 Å². The van der Waals surface area contributed by atoms with Crippen molar-refractivity contribution >= 4 is 28.2 Å². The highest BCUT2D eigenvalue weighted by atomic mass is 16.6. The predicted molar refractivity (Wildman–Crippen MR) is 130 cm³/mol. The Kier molecular flexibility index (Phi) is 6.88. The van der Waals surface area contributed by atoms with Crippen LogP contribution >= 0.6 is 0 Å². The highest BCUT2D eigenvalue weighted by Crippen LogP contribution is 2.38. The van der Waals surface area contributed by atoms with Crippen LogP contribution in [0.2, 0.25) is 0 Å². The molecule has 0 atom stereocenters. The van der Waals surface area contributed by atoms with Crippen LogP contribution in [0, 0.1) is 0 Å². The van der Waals surface area contributed by atoms with Gasteiger partial charge >= 0.3 is 0 Å². The van der Waals surface area contributed by atoms with E-state index in [9.17, 15) is 4.79 Å². The largest absolute Gasteiger partial charge is 0.493 e. The maximum atomic E-state index is 12.4. The van der Waals surface area contributed by atoms with Gasteiger partial charge in [0.1, 0.15) is 22.7 Å². The summed E-state index contributed by atoms with van der Waals surface area (Å²) < 4.78 is 16.9. The van der Waals surface area contributed by atoms with Crippen molar-refractivity contribution in [1.29, 1.82) is 0 Å². The van der Waals surface area contributed by atoms with E-state index >= 15 is 0 Å². The Balaban J connectivity index is 1.45. The molecule has 34 heavy (non-hydrogen) atoms. The highest BCUT2D eigenvalue weighted by Gasteiger charge is 2.14. The first kappa shape index (κ1) is 22.6. The maximum absolute atomic E-state index is 12.4. The lowest BCUT2D eigenvalue weighted by Gasteiger charge is -2.13. The molecule has 1 heterocycles. The van der Waals surface area contributed by atoms with Crippen LogP contribution in [0.4, 0.5) is 5.69 Å². The van der Waals surface area contributed by atoms with E-state index in [4.69, 9.17) is 19.0 Å². The molecule has 1 aromatic heterocycles. The van der Waals surface area contributed by atoms with E-state index in [0.717, 1.165) is 5.39 Å². The smallest absolute Gasteiger partial charge is 0.273 e. The summed E-state index contributed by atoms with van der Waals surface area (Å²) in [7, 11) is 3.15. The number of nitrogens with one attached hydrogen (secondary N) is 1.